The molecule has 0 radical (unpaired) electrons. The first-order valence-corrected chi connectivity index (χ1v) is 9.07. The average molecular weight is 384 g/mol. The summed E-state index contributed by atoms with van der Waals surface area (Å²) in [5.41, 5.74) is 3.93. The number of anilines is 2. The Bertz CT molecular complexity index is 1290. The largest absolute Gasteiger partial charge is 0.508 e. The fourth-order valence-corrected chi connectivity index (χ4v) is 3.46. The second-order valence-corrected chi connectivity index (χ2v) is 6.78. The van der Waals surface area contributed by atoms with Crippen molar-refractivity contribution >= 4 is 28.9 Å². The Morgan fingerprint density at radius 2 is 1.90 bits per heavy atom. The highest BCUT2D eigenvalue weighted by molar-refractivity contribution is 5.90. The van der Waals surface area contributed by atoms with Crippen molar-refractivity contribution in [3.05, 3.63) is 71.5 Å². The van der Waals surface area contributed by atoms with E-state index in [0.717, 1.165) is 22.9 Å². The summed E-state index contributed by atoms with van der Waals surface area (Å²) in [6, 6.07) is 12.7. The maximum absolute atomic E-state index is 10.2. The van der Waals surface area contributed by atoms with Gasteiger partial charge in [-0.2, -0.15) is 0 Å². The van der Waals surface area contributed by atoms with Gasteiger partial charge in [-0.3, -0.25) is 15.4 Å². The van der Waals surface area contributed by atoms with Crippen LogP contribution < -0.4 is 10.8 Å². The number of nitrogens with zero attached hydrogens (tertiary/aromatic N) is 3. The van der Waals surface area contributed by atoms with Crippen LogP contribution in [-0.4, -0.2) is 26.0 Å². The molecule has 4 aromatic rings. The van der Waals surface area contributed by atoms with Crippen molar-refractivity contribution in [3.8, 4) is 16.9 Å². The molecule has 7 heteroatoms. The smallest absolute Gasteiger partial charge is 0.138 e. The van der Waals surface area contributed by atoms with Crippen LogP contribution in [0.1, 0.15) is 11.1 Å². The van der Waals surface area contributed by atoms with Gasteiger partial charge in [-0.05, 0) is 54.8 Å². The Morgan fingerprint density at radius 3 is 2.62 bits per heavy atom. The van der Waals surface area contributed by atoms with E-state index < -0.39 is 0 Å². The molecule has 0 amide bonds. The van der Waals surface area contributed by atoms with Crippen LogP contribution in [-0.2, 0) is 0 Å². The van der Waals surface area contributed by atoms with Crippen LogP contribution in [0.5, 0.6) is 5.75 Å². The quantitative estimate of drug-likeness (QED) is 0.313. The summed E-state index contributed by atoms with van der Waals surface area (Å²) in [5, 5.41) is 30.7. The van der Waals surface area contributed by atoms with E-state index in [0.29, 0.717) is 28.3 Å². The van der Waals surface area contributed by atoms with Crippen molar-refractivity contribution in [1.29, 1.82) is 10.8 Å². The molecule has 4 N–H and O–H groups in total. The first-order chi connectivity index (χ1) is 14.0. The average Bonchev–Trinajstić information content (AvgIpc) is 2.72. The van der Waals surface area contributed by atoms with Gasteiger partial charge in [0.15, 0.2) is 0 Å². The van der Waals surface area contributed by atoms with Gasteiger partial charge < -0.3 is 10.4 Å². The van der Waals surface area contributed by atoms with Gasteiger partial charge in [-0.15, -0.1) is 0 Å². The third kappa shape index (κ3) is 3.23. The number of hydrogen-bond donors (Lipinski definition) is 4. The first-order valence-electron chi connectivity index (χ1n) is 9.07. The van der Waals surface area contributed by atoms with Gasteiger partial charge in [-0.1, -0.05) is 12.1 Å². The Kier molecular flexibility index (Phi) is 4.56. The summed E-state index contributed by atoms with van der Waals surface area (Å²) in [4.78, 5) is 8.69. The molecule has 0 spiro atoms. The summed E-state index contributed by atoms with van der Waals surface area (Å²) in [5.74, 6) is 1.41. The van der Waals surface area contributed by atoms with E-state index in [1.54, 1.807) is 24.5 Å². The molecule has 0 aliphatic rings. The van der Waals surface area contributed by atoms with E-state index in [9.17, 15) is 5.11 Å². The van der Waals surface area contributed by atoms with E-state index in [-0.39, 0.29) is 11.2 Å². The molecule has 0 atom stereocenters. The standard InChI is InChI=1S/C22H20N6O/c1-13-6-7-18(29)14(2)21(13)16-9-15-11-26-20(27-19-5-3-4-8-25-19)10-17(15)28(12-23)22(16)24/h3-12,23-24,29H,1-2H3,(H,25,26,27). The minimum Gasteiger partial charge on any atom is -0.508 e. The zero-order valence-corrected chi connectivity index (χ0v) is 16.1. The molecule has 0 unspecified atom stereocenters. The lowest BCUT2D eigenvalue weighted by Gasteiger charge is -2.16. The van der Waals surface area contributed by atoms with Gasteiger partial charge in [0.25, 0.3) is 0 Å². The molecule has 3 aromatic heterocycles. The number of nitrogens with one attached hydrogen (secondary N) is 3. The molecule has 0 bridgehead atoms. The predicted molar refractivity (Wildman–Crippen MR) is 114 cm³/mol. The Hall–Kier alpha value is -4.00. The maximum atomic E-state index is 10.2. The van der Waals surface area contributed by atoms with Gasteiger partial charge in [0.05, 0.1) is 11.9 Å². The molecular weight excluding hydrogens is 364 g/mol. The minimum absolute atomic E-state index is 0.166. The fourth-order valence-electron chi connectivity index (χ4n) is 3.46. The summed E-state index contributed by atoms with van der Waals surface area (Å²) in [6.07, 6.45) is 4.51. The first kappa shape index (κ1) is 18.4. The lowest BCUT2D eigenvalue weighted by molar-refractivity contribution is 0.471. The molecule has 0 saturated carbocycles. The SMILES string of the molecule is Cc1ccc(O)c(C)c1-c1cc2cnc(Nc3ccccn3)cc2n(C=N)c1=N. The molecule has 3 heterocycles. The lowest BCUT2D eigenvalue weighted by Crippen LogP contribution is -2.22. The monoisotopic (exact) mass is 384 g/mol. The third-order valence-corrected chi connectivity index (χ3v) is 4.93. The van der Waals surface area contributed by atoms with E-state index in [1.165, 1.54) is 4.57 Å². The fraction of sp³-hybridized carbons (Fsp3) is 0.0909. The number of phenolic OH excluding ortho intramolecular Hbond substituents is 1. The highest BCUT2D eigenvalue weighted by Gasteiger charge is 2.15. The Morgan fingerprint density at radius 1 is 1.07 bits per heavy atom. The number of aromatic nitrogens is 3. The Labute approximate surface area is 167 Å². The number of phenols is 1. The van der Waals surface area contributed by atoms with Crippen molar-refractivity contribution in [2.45, 2.75) is 13.8 Å². The van der Waals surface area contributed by atoms with Crippen LogP contribution in [0.3, 0.4) is 0 Å². The summed E-state index contributed by atoms with van der Waals surface area (Å²) < 4.78 is 1.50. The predicted octanol–water partition coefficient (Wildman–Crippen LogP) is 4.10. The maximum Gasteiger partial charge on any atom is 0.138 e. The lowest BCUT2D eigenvalue weighted by atomic mass is 9.95. The summed E-state index contributed by atoms with van der Waals surface area (Å²) in [6.45, 7) is 3.77. The number of hydrogen-bond acceptors (Lipinski definition) is 6. The van der Waals surface area contributed by atoms with Gasteiger partial charge in [0.1, 0.15) is 22.9 Å². The van der Waals surface area contributed by atoms with Gasteiger partial charge in [0.2, 0.25) is 0 Å². The van der Waals surface area contributed by atoms with Crippen molar-refractivity contribution in [3.63, 3.8) is 0 Å². The third-order valence-electron chi connectivity index (χ3n) is 4.93. The summed E-state index contributed by atoms with van der Waals surface area (Å²) >= 11 is 0. The molecule has 1 aromatic carbocycles. The molecule has 144 valence electrons. The molecule has 0 aliphatic carbocycles. The number of aryl methyl sites for hydroxylation is 1. The number of rotatable bonds is 4. The van der Waals surface area contributed by atoms with Crippen LogP contribution in [0.15, 0.2) is 54.9 Å². The zero-order valence-electron chi connectivity index (χ0n) is 16.1. The highest BCUT2D eigenvalue weighted by Crippen LogP contribution is 2.32. The number of benzene rings is 1. The second kappa shape index (κ2) is 7.20. The van der Waals surface area contributed by atoms with Crippen molar-refractivity contribution in [1.82, 2.24) is 14.5 Å². The van der Waals surface area contributed by atoms with Crippen molar-refractivity contribution in [2.75, 3.05) is 5.32 Å². The van der Waals surface area contributed by atoms with Crippen LogP contribution in [0.4, 0.5) is 11.6 Å². The molecule has 7 nitrogen and oxygen atoms in total. The van der Waals surface area contributed by atoms with E-state index in [4.69, 9.17) is 10.8 Å². The van der Waals surface area contributed by atoms with Gasteiger partial charge >= 0.3 is 0 Å². The molecule has 0 saturated heterocycles. The van der Waals surface area contributed by atoms with Crippen LogP contribution in [0, 0.1) is 24.7 Å². The molecular formula is C22H20N6O. The number of aromatic hydroxyl groups is 1. The van der Waals surface area contributed by atoms with E-state index >= 15 is 0 Å². The van der Waals surface area contributed by atoms with E-state index in [2.05, 4.69) is 15.3 Å². The van der Waals surface area contributed by atoms with Crippen LogP contribution in [0.25, 0.3) is 22.0 Å². The molecule has 0 aliphatic heterocycles. The minimum atomic E-state index is 0.166. The molecule has 0 fully saturated rings. The van der Waals surface area contributed by atoms with Crippen molar-refractivity contribution < 1.29 is 5.11 Å². The number of fused-ring (bicyclic) bond motifs is 1. The zero-order chi connectivity index (χ0) is 20.5. The van der Waals surface area contributed by atoms with Gasteiger partial charge in [0, 0.05) is 29.4 Å². The molecule has 29 heavy (non-hydrogen) atoms. The topological polar surface area (TPSA) is 111 Å². The Balaban J connectivity index is 1.92. The number of pyridine rings is 3. The van der Waals surface area contributed by atoms with Crippen molar-refractivity contribution in [2.24, 2.45) is 0 Å². The highest BCUT2D eigenvalue weighted by atomic mass is 16.3. The van der Waals surface area contributed by atoms with Crippen LogP contribution in [0.2, 0.25) is 0 Å². The van der Waals surface area contributed by atoms with Crippen LogP contribution >= 0.6 is 0 Å². The molecule has 4 rings (SSSR count). The second-order valence-electron chi connectivity index (χ2n) is 6.78. The van der Waals surface area contributed by atoms with E-state index in [1.807, 2.05) is 44.2 Å². The summed E-state index contributed by atoms with van der Waals surface area (Å²) in [7, 11) is 0. The normalized spacial score (nSPS) is 10.8. The van der Waals surface area contributed by atoms with Gasteiger partial charge in [-0.25, -0.2) is 9.97 Å².